The fourth-order valence-corrected chi connectivity index (χ4v) is 1.28. The van der Waals surface area contributed by atoms with Crippen LogP contribution in [0.5, 0.6) is 0 Å². The molecule has 0 aliphatic heterocycles. The second-order valence-electron chi connectivity index (χ2n) is 4.74. The van der Waals surface area contributed by atoms with Gasteiger partial charge in [0, 0.05) is 17.9 Å². The first kappa shape index (κ1) is 13.3. The molecule has 17 heavy (non-hydrogen) atoms. The summed E-state index contributed by atoms with van der Waals surface area (Å²) in [6.45, 7) is 5.79. The lowest BCUT2D eigenvalue weighted by Crippen LogP contribution is -2.27. The van der Waals surface area contributed by atoms with E-state index in [1.807, 2.05) is 0 Å². The monoisotopic (exact) mass is 237 g/mol. The van der Waals surface area contributed by atoms with Gasteiger partial charge < -0.3 is 16.2 Å². The van der Waals surface area contributed by atoms with Crippen LogP contribution in [0, 0.1) is 0 Å². The van der Waals surface area contributed by atoms with Crippen molar-refractivity contribution in [3.8, 4) is 0 Å². The number of benzene rings is 1. The minimum Gasteiger partial charge on any atom is -0.444 e. The van der Waals surface area contributed by atoms with E-state index >= 15 is 0 Å². The first-order valence-electron chi connectivity index (χ1n) is 5.40. The van der Waals surface area contributed by atoms with Gasteiger partial charge in [0.2, 0.25) is 0 Å². The van der Waals surface area contributed by atoms with Gasteiger partial charge in [-0.25, -0.2) is 4.79 Å². The Bertz CT molecular complexity index is 411. The summed E-state index contributed by atoms with van der Waals surface area (Å²) in [7, 11) is 0. The zero-order chi connectivity index (χ0) is 13.1. The van der Waals surface area contributed by atoms with Crippen molar-refractivity contribution in [3.05, 3.63) is 23.8 Å². The molecule has 0 aromatic heterocycles. The summed E-state index contributed by atoms with van der Waals surface area (Å²) in [4.78, 5) is 11.5. The van der Waals surface area contributed by atoms with Crippen LogP contribution in [0.25, 0.3) is 0 Å². The average Bonchev–Trinajstić information content (AvgIpc) is 2.14. The molecule has 0 aliphatic rings. The Morgan fingerprint density at radius 1 is 1.41 bits per heavy atom. The first-order valence-corrected chi connectivity index (χ1v) is 5.40. The molecule has 0 heterocycles. The van der Waals surface area contributed by atoms with Crippen molar-refractivity contribution in [2.75, 3.05) is 11.1 Å². The molecule has 5 nitrogen and oxygen atoms in total. The molecule has 0 aliphatic carbocycles. The maximum Gasteiger partial charge on any atom is 0.412 e. The Morgan fingerprint density at radius 3 is 2.53 bits per heavy atom. The van der Waals surface area contributed by atoms with Gasteiger partial charge in [0.05, 0.1) is 0 Å². The zero-order valence-corrected chi connectivity index (χ0v) is 10.4. The lowest BCUT2D eigenvalue weighted by molar-refractivity contribution is 0.0636. The third-order valence-electron chi connectivity index (χ3n) is 2.01. The number of ether oxygens (including phenoxy) is 1. The van der Waals surface area contributed by atoms with Crippen LogP contribution in [0.2, 0.25) is 0 Å². The molecule has 0 fully saturated rings. The molecule has 94 valence electrons. The molecule has 0 unspecified atom stereocenters. The van der Waals surface area contributed by atoms with Crippen molar-refractivity contribution in [3.63, 3.8) is 0 Å². The molecule has 0 saturated carbocycles. The van der Waals surface area contributed by atoms with Crippen molar-refractivity contribution >= 4 is 17.5 Å². The SMILES string of the molecule is CC(C)(C)OC(=O)Nc1ccc(CN)c(N)c1. The van der Waals surface area contributed by atoms with Gasteiger partial charge in [-0.3, -0.25) is 5.32 Å². The van der Waals surface area contributed by atoms with Crippen LogP contribution < -0.4 is 16.8 Å². The van der Waals surface area contributed by atoms with E-state index < -0.39 is 11.7 Å². The standard InChI is InChI=1S/C12H19N3O2/c1-12(2,3)17-11(16)15-9-5-4-8(7-13)10(14)6-9/h4-6H,7,13-14H2,1-3H3,(H,15,16). The molecular weight excluding hydrogens is 218 g/mol. The minimum atomic E-state index is -0.521. The lowest BCUT2D eigenvalue weighted by atomic mass is 10.1. The number of hydrogen-bond donors (Lipinski definition) is 3. The highest BCUT2D eigenvalue weighted by Crippen LogP contribution is 2.18. The van der Waals surface area contributed by atoms with E-state index in [1.165, 1.54) is 0 Å². The second-order valence-corrected chi connectivity index (χ2v) is 4.74. The van der Waals surface area contributed by atoms with E-state index in [1.54, 1.807) is 39.0 Å². The molecular formula is C12H19N3O2. The Hall–Kier alpha value is -1.75. The number of carbonyl (C=O) groups excluding carboxylic acids is 1. The summed E-state index contributed by atoms with van der Waals surface area (Å²) < 4.78 is 5.12. The van der Waals surface area contributed by atoms with Crippen LogP contribution in [0.4, 0.5) is 16.2 Å². The summed E-state index contributed by atoms with van der Waals surface area (Å²) in [6.07, 6.45) is -0.502. The molecule has 0 bridgehead atoms. The van der Waals surface area contributed by atoms with Gasteiger partial charge in [0.25, 0.3) is 0 Å². The van der Waals surface area contributed by atoms with Gasteiger partial charge in [-0.15, -0.1) is 0 Å². The van der Waals surface area contributed by atoms with Gasteiger partial charge in [-0.1, -0.05) is 6.07 Å². The van der Waals surface area contributed by atoms with E-state index in [0.29, 0.717) is 17.9 Å². The van der Waals surface area contributed by atoms with Gasteiger partial charge in [-0.2, -0.15) is 0 Å². The Kier molecular flexibility index (Phi) is 3.96. The molecule has 0 saturated heterocycles. The Labute approximate surface area is 101 Å². The third kappa shape index (κ3) is 4.32. The van der Waals surface area contributed by atoms with Crippen molar-refractivity contribution in [2.24, 2.45) is 5.73 Å². The summed E-state index contributed by atoms with van der Waals surface area (Å²) in [5.74, 6) is 0. The van der Waals surface area contributed by atoms with Crippen molar-refractivity contribution in [2.45, 2.75) is 32.9 Å². The molecule has 0 atom stereocenters. The lowest BCUT2D eigenvalue weighted by Gasteiger charge is -2.19. The molecule has 1 aromatic carbocycles. The number of nitrogens with one attached hydrogen (secondary N) is 1. The summed E-state index contributed by atoms with van der Waals surface area (Å²) in [5.41, 5.74) is 12.7. The van der Waals surface area contributed by atoms with Crippen LogP contribution in [0.1, 0.15) is 26.3 Å². The maximum atomic E-state index is 11.5. The molecule has 1 amide bonds. The molecule has 5 N–H and O–H groups in total. The van der Waals surface area contributed by atoms with Crippen LogP contribution in [0.15, 0.2) is 18.2 Å². The number of carbonyl (C=O) groups is 1. The number of nitrogens with two attached hydrogens (primary N) is 2. The summed E-state index contributed by atoms with van der Waals surface area (Å²) >= 11 is 0. The first-order chi connectivity index (χ1) is 7.81. The van der Waals surface area contributed by atoms with Gasteiger partial charge in [0.1, 0.15) is 5.60 Å². The summed E-state index contributed by atoms with van der Waals surface area (Å²) in [5, 5.41) is 2.61. The maximum absolute atomic E-state index is 11.5. The minimum absolute atomic E-state index is 0.374. The van der Waals surface area contributed by atoms with Gasteiger partial charge in [0.15, 0.2) is 0 Å². The molecule has 1 rings (SSSR count). The highest BCUT2D eigenvalue weighted by Gasteiger charge is 2.16. The van der Waals surface area contributed by atoms with Crippen LogP contribution >= 0.6 is 0 Å². The average molecular weight is 237 g/mol. The summed E-state index contributed by atoms with van der Waals surface area (Å²) in [6, 6.07) is 5.18. The quantitative estimate of drug-likeness (QED) is 0.687. The third-order valence-corrected chi connectivity index (χ3v) is 2.01. The number of hydrogen-bond acceptors (Lipinski definition) is 4. The van der Waals surface area contributed by atoms with E-state index in [-0.39, 0.29) is 0 Å². The van der Waals surface area contributed by atoms with Crippen LogP contribution in [-0.4, -0.2) is 11.7 Å². The van der Waals surface area contributed by atoms with Crippen LogP contribution in [0.3, 0.4) is 0 Å². The smallest absolute Gasteiger partial charge is 0.412 e. The van der Waals surface area contributed by atoms with E-state index in [9.17, 15) is 4.79 Å². The van der Waals surface area contributed by atoms with E-state index in [0.717, 1.165) is 5.56 Å². The highest BCUT2D eigenvalue weighted by molar-refractivity contribution is 5.85. The predicted octanol–water partition coefficient (Wildman–Crippen LogP) is 2.07. The Morgan fingerprint density at radius 2 is 2.06 bits per heavy atom. The molecule has 5 heteroatoms. The number of amides is 1. The second kappa shape index (κ2) is 5.05. The number of rotatable bonds is 2. The number of anilines is 2. The van der Waals surface area contributed by atoms with Gasteiger partial charge in [-0.05, 0) is 38.5 Å². The fraction of sp³-hybridized carbons (Fsp3) is 0.417. The Balaban J connectivity index is 2.69. The topological polar surface area (TPSA) is 90.4 Å². The van der Waals surface area contributed by atoms with Crippen molar-refractivity contribution in [1.29, 1.82) is 0 Å². The number of nitrogen functional groups attached to an aromatic ring is 1. The van der Waals surface area contributed by atoms with E-state index in [4.69, 9.17) is 16.2 Å². The molecule has 0 radical (unpaired) electrons. The predicted molar refractivity (Wildman–Crippen MR) is 68.6 cm³/mol. The molecule has 0 spiro atoms. The van der Waals surface area contributed by atoms with Crippen molar-refractivity contribution in [1.82, 2.24) is 0 Å². The highest BCUT2D eigenvalue weighted by atomic mass is 16.6. The van der Waals surface area contributed by atoms with Gasteiger partial charge >= 0.3 is 6.09 Å². The van der Waals surface area contributed by atoms with E-state index in [2.05, 4.69) is 5.32 Å². The largest absolute Gasteiger partial charge is 0.444 e. The van der Waals surface area contributed by atoms with Crippen LogP contribution in [-0.2, 0) is 11.3 Å². The fourth-order valence-electron chi connectivity index (χ4n) is 1.28. The zero-order valence-electron chi connectivity index (χ0n) is 10.4. The normalized spacial score (nSPS) is 11.1. The molecule has 1 aromatic rings. The van der Waals surface area contributed by atoms with Crippen molar-refractivity contribution < 1.29 is 9.53 Å².